The Kier molecular flexibility index (Phi) is 11.9. The van der Waals surface area contributed by atoms with E-state index in [-0.39, 0.29) is 30.2 Å². The van der Waals surface area contributed by atoms with Crippen LogP contribution >= 0.6 is 0 Å². The van der Waals surface area contributed by atoms with Gasteiger partial charge in [0.05, 0.1) is 0 Å². The minimum atomic E-state index is -1.36. The van der Waals surface area contributed by atoms with Gasteiger partial charge in [-0.1, -0.05) is 109 Å². The number of nitrogens with one attached hydrogen (secondary N) is 2. The number of carbonyl (C=O) groups excluding carboxylic acids is 6. The second-order valence-corrected chi connectivity index (χ2v) is 16.6. The van der Waals surface area contributed by atoms with Gasteiger partial charge in [0.25, 0.3) is 11.7 Å². The average Bonchev–Trinajstić information content (AvgIpc) is 3.36. The number of fused-ring (bicyclic) bond motifs is 1. The van der Waals surface area contributed by atoms with Gasteiger partial charge in [-0.2, -0.15) is 0 Å². The summed E-state index contributed by atoms with van der Waals surface area (Å²) >= 11 is 0. The molecule has 52 heavy (non-hydrogen) atoms. The molecule has 6 atom stereocenters. The Bertz CT molecular complexity index is 1610. The zero-order valence-electron chi connectivity index (χ0n) is 31.7. The molecule has 4 N–H and O–H groups in total. The molecule has 282 valence electrons. The molecule has 4 amide bonds. The highest BCUT2D eigenvalue weighted by Gasteiger charge is 2.70. The molecule has 1 saturated carbocycles. The van der Waals surface area contributed by atoms with E-state index in [0.29, 0.717) is 6.42 Å². The van der Waals surface area contributed by atoms with Gasteiger partial charge in [-0.25, -0.2) is 9.59 Å². The van der Waals surface area contributed by atoms with Crippen LogP contribution < -0.4 is 16.4 Å². The summed E-state index contributed by atoms with van der Waals surface area (Å²) in [5, 5.41) is 5.76. The number of hydrogen-bond acceptors (Lipinski definition) is 8. The Morgan fingerprint density at radius 2 is 1.42 bits per heavy atom. The Morgan fingerprint density at radius 1 is 0.885 bits per heavy atom. The van der Waals surface area contributed by atoms with Crippen LogP contribution in [0.3, 0.4) is 0 Å². The SMILES string of the molecule is CCCC(OC(=O)[C@@H]1C2C(CN1C(=O)[C@@H](NC(=O)C(NC(=O)OC(C)(C)C)C(c1ccccc1)c1ccccc1)C(C)(C)C)C2(C)C)C(=O)C(N)=O. The summed E-state index contributed by atoms with van der Waals surface area (Å²) in [6.07, 6.45) is -1.62. The average molecular weight is 719 g/mol. The van der Waals surface area contributed by atoms with Crippen molar-refractivity contribution in [2.45, 2.75) is 111 Å². The summed E-state index contributed by atoms with van der Waals surface area (Å²) in [5.41, 5.74) is 4.75. The maximum Gasteiger partial charge on any atom is 0.408 e. The second kappa shape index (κ2) is 15.5. The Balaban J connectivity index is 1.71. The molecule has 2 aliphatic rings. The maximum absolute atomic E-state index is 14.7. The summed E-state index contributed by atoms with van der Waals surface area (Å²) in [7, 11) is 0. The van der Waals surface area contributed by atoms with Crippen molar-refractivity contribution in [1.29, 1.82) is 0 Å². The lowest BCUT2D eigenvalue weighted by molar-refractivity contribution is -0.165. The van der Waals surface area contributed by atoms with Gasteiger partial charge in [0.2, 0.25) is 11.8 Å². The Morgan fingerprint density at radius 3 is 1.88 bits per heavy atom. The van der Waals surface area contributed by atoms with Gasteiger partial charge in [0.15, 0.2) is 6.10 Å². The lowest BCUT2D eigenvalue weighted by Gasteiger charge is -2.38. The molecule has 1 saturated heterocycles. The highest BCUT2D eigenvalue weighted by molar-refractivity contribution is 6.37. The Hall–Kier alpha value is -4.74. The minimum absolute atomic E-state index is 0.0242. The predicted molar refractivity (Wildman–Crippen MR) is 195 cm³/mol. The smallest absolute Gasteiger partial charge is 0.408 e. The van der Waals surface area contributed by atoms with E-state index < -0.39 is 76.7 Å². The topological polar surface area (TPSA) is 174 Å². The number of alkyl carbamates (subject to hydrolysis) is 1. The van der Waals surface area contributed by atoms with Crippen LogP contribution in [0, 0.1) is 22.7 Å². The molecule has 0 bridgehead atoms. The predicted octanol–water partition coefficient (Wildman–Crippen LogP) is 4.49. The number of primary amides is 1. The van der Waals surface area contributed by atoms with E-state index in [2.05, 4.69) is 10.6 Å². The van der Waals surface area contributed by atoms with Crippen molar-refractivity contribution in [1.82, 2.24) is 15.5 Å². The number of carbonyl (C=O) groups is 6. The van der Waals surface area contributed by atoms with Crippen LogP contribution in [-0.4, -0.2) is 76.8 Å². The molecule has 12 nitrogen and oxygen atoms in total. The number of piperidine rings is 1. The number of ether oxygens (including phenoxy) is 2. The molecule has 2 aromatic carbocycles. The molecule has 1 aliphatic heterocycles. The zero-order valence-corrected chi connectivity index (χ0v) is 31.7. The number of likely N-dealkylation sites (tertiary alicyclic amines) is 1. The van der Waals surface area contributed by atoms with E-state index >= 15 is 0 Å². The van der Waals surface area contributed by atoms with E-state index in [0.717, 1.165) is 11.1 Å². The van der Waals surface area contributed by atoms with Crippen LogP contribution in [0.1, 0.15) is 92.2 Å². The number of esters is 1. The Labute approximate surface area is 306 Å². The first-order chi connectivity index (χ1) is 24.2. The van der Waals surface area contributed by atoms with Gasteiger partial charge in [-0.05, 0) is 55.1 Å². The highest BCUT2D eigenvalue weighted by atomic mass is 16.6. The first kappa shape index (κ1) is 40.0. The normalized spacial score (nSPS) is 20.9. The third kappa shape index (κ3) is 9.00. The van der Waals surface area contributed by atoms with Crippen molar-refractivity contribution in [2.24, 2.45) is 28.4 Å². The van der Waals surface area contributed by atoms with Gasteiger partial charge in [0, 0.05) is 18.4 Å². The zero-order chi connectivity index (χ0) is 38.8. The number of rotatable bonds is 13. The fraction of sp³-hybridized carbons (Fsp3) is 0.550. The highest BCUT2D eigenvalue weighted by Crippen LogP contribution is 2.65. The van der Waals surface area contributed by atoms with Gasteiger partial charge in [-0.15, -0.1) is 0 Å². The van der Waals surface area contributed by atoms with Crippen molar-refractivity contribution in [3.8, 4) is 0 Å². The minimum Gasteiger partial charge on any atom is -0.452 e. The first-order valence-electron chi connectivity index (χ1n) is 17.9. The van der Waals surface area contributed by atoms with Crippen LogP contribution in [-0.2, 0) is 33.4 Å². The summed E-state index contributed by atoms with van der Waals surface area (Å²) in [6, 6.07) is 15.1. The molecule has 4 unspecified atom stereocenters. The summed E-state index contributed by atoms with van der Waals surface area (Å²) in [4.78, 5) is 82.2. The number of hydrogen-bond donors (Lipinski definition) is 3. The molecule has 2 aromatic rings. The largest absolute Gasteiger partial charge is 0.452 e. The summed E-state index contributed by atoms with van der Waals surface area (Å²) < 4.78 is 11.2. The molecule has 0 radical (unpaired) electrons. The van der Waals surface area contributed by atoms with Gasteiger partial charge in [-0.3, -0.25) is 19.2 Å². The molecule has 0 aromatic heterocycles. The summed E-state index contributed by atoms with van der Waals surface area (Å²) in [6.45, 7) is 16.6. The third-order valence-electron chi connectivity index (χ3n) is 10.1. The molecular formula is C40H54N4O8. The lowest BCUT2D eigenvalue weighted by Crippen LogP contribution is -2.61. The fourth-order valence-corrected chi connectivity index (χ4v) is 7.34. The molecule has 2 fully saturated rings. The molecule has 0 spiro atoms. The van der Waals surface area contributed by atoms with Crippen LogP contribution in [0.5, 0.6) is 0 Å². The molecule has 1 aliphatic carbocycles. The summed E-state index contributed by atoms with van der Waals surface area (Å²) in [5.74, 6) is -5.10. The number of nitrogens with two attached hydrogens (primary N) is 1. The van der Waals surface area contributed by atoms with Crippen molar-refractivity contribution in [2.75, 3.05) is 6.54 Å². The number of Topliss-reactive ketones (excluding diaryl/α,β-unsaturated/α-hetero) is 1. The number of ketones is 1. The molecular weight excluding hydrogens is 664 g/mol. The lowest BCUT2D eigenvalue weighted by atomic mass is 9.82. The van der Waals surface area contributed by atoms with E-state index in [1.54, 1.807) is 48.5 Å². The van der Waals surface area contributed by atoms with Crippen molar-refractivity contribution >= 4 is 35.6 Å². The van der Waals surface area contributed by atoms with Crippen molar-refractivity contribution in [3.63, 3.8) is 0 Å². The van der Waals surface area contributed by atoms with Crippen molar-refractivity contribution < 1.29 is 38.2 Å². The number of nitrogens with zero attached hydrogens (tertiary/aromatic N) is 1. The number of amides is 4. The van der Waals surface area contributed by atoms with Gasteiger partial charge < -0.3 is 30.7 Å². The number of benzene rings is 2. The monoisotopic (exact) mass is 718 g/mol. The van der Waals surface area contributed by atoms with E-state index in [1.165, 1.54) is 4.90 Å². The van der Waals surface area contributed by atoms with E-state index in [4.69, 9.17) is 15.2 Å². The van der Waals surface area contributed by atoms with E-state index in [1.807, 2.05) is 74.5 Å². The standard InChI is InChI=1S/C40H54N4O8/c1-10-17-26(31(45)33(41)46)51-36(49)30-28-25(40(28,8)9)22-44(30)35(48)32(38(2,3)4)43-34(47)29(42-37(50)52-39(5,6)7)27(23-18-13-11-14-19-23)24-20-15-12-16-21-24/h11-16,18-21,25-30,32H,10,17,22H2,1-9H3,(H2,41,46)(H,42,50)(H,43,47)/t25?,26?,28?,29?,30-,32+/m0/s1. The van der Waals surface area contributed by atoms with Crippen LogP contribution in [0.25, 0.3) is 0 Å². The second-order valence-electron chi connectivity index (χ2n) is 16.6. The van der Waals surface area contributed by atoms with Crippen LogP contribution in [0.15, 0.2) is 60.7 Å². The molecule has 1 heterocycles. The van der Waals surface area contributed by atoms with Crippen LogP contribution in [0.4, 0.5) is 4.79 Å². The van der Waals surface area contributed by atoms with E-state index in [9.17, 15) is 28.8 Å². The van der Waals surface area contributed by atoms with Gasteiger partial charge >= 0.3 is 12.1 Å². The first-order valence-corrected chi connectivity index (χ1v) is 17.9. The third-order valence-corrected chi connectivity index (χ3v) is 10.1. The maximum atomic E-state index is 14.7. The fourth-order valence-electron chi connectivity index (χ4n) is 7.34. The molecule has 4 rings (SSSR count). The quantitative estimate of drug-likeness (QED) is 0.201. The van der Waals surface area contributed by atoms with Gasteiger partial charge in [0.1, 0.15) is 23.7 Å². The van der Waals surface area contributed by atoms with Crippen molar-refractivity contribution in [3.05, 3.63) is 71.8 Å². The van der Waals surface area contributed by atoms with Crippen LogP contribution in [0.2, 0.25) is 0 Å². The molecule has 12 heteroatoms.